The van der Waals surface area contributed by atoms with Gasteiger partial charge in [-0.15, -0.1) is 0 Å². The standard InChI is InChI=1S/C17H19BrN2O/c1-12(14-7-9-16(18)10-8-14)19-11-15-5-3-4-6-17(15)20-13(2)21/h3-10,12,19H,11H2,1-2H3,(H,20,21). The van der Waals surface area contributed by atoms with Crippen LogP contribution in [-0.4, -0.2) is 5.91 Å². The smallest absolute Gasteiger partial charge is 0.221 e. The molecule has 0 spiro atoms. The van der Waals surface area contributed by atoms with E-state index in [-0.39, 0.29) is 11.9 Å². The molecule has 0 aromatic heterocycles. The molecule has 0 fully saturated rings. The van der Waals surface area contributed by atoms with Gasteiger partial charge in [-0.1, -0.05) is 46.3 Å². The lowest BCUT2D eigenvalue weighted by Gasteiger charge is -2.16. The molecule has 2 aromatic carbocycles. The molecule has 4 heteroatoms. The maximum atomic E-state index is 11.2. The minimum absolute atomic E-state index is 0.0524. The van der Waals surface area contributed by atoms with Gasteiger partial charge in [0.15, 0.2) is 0 Å². The highest BCUT2D eigenvalue weighted by Crippen LogP contribution is 2.19. The van der Waals surface area contributed by atoms with Crippen molar-refractivity contribution in [3.05, 3.63) is 64.1 Å². The molecule has 2 N–H and O–H groups in total. The molecule has 0 saturated carbocycles. The summed E-state index contributed by atoms with van der Waals surface area (Å²) in [5.74, 6) is -0.0524. The SMILES string of the molecule is CC(=O)Nc1ccccc1CNC(C)c1ccc(Br)cc1. The Balaban J connectivity index is 2.02. The van der Waals surface area contributed by atoms with Crippen LogP contribution in [0.2, 0.25) is 0 Å². The molecule has 1 amide bonds. The largest absolute Gasteiger partial charge is 0.326 e. The van der Waals surface area contributed by atoms with E-state index < -0.39 is 0 Å². The van der Waals surface area contributed by atoms with Gasteiger partial charge in [-0.25, -0.2) is 0 Å². The number of amides is 1. The molecule has 110 valence electrons. The number of carbonyl (C=O) groups excluding carboxylic acids is 1. The van der Waals surface area contributed by atoms with Crippen molar-refractivity contribution in [2.45, 2.75) is 26.4 Å². The van der Waals surface area contributed by atoms with E-state index in [1.807, 2.05) is 36.4 Å². The molecule has 2 aromatic rings. The zero-order valence-corrected chi connectivity index (χ0v) is 13.8. The molecule has 21 heavy (non-hydrogen) atoms. The second-order valence-electron chi connectivity index (χ2n) is 4.99. The fourth-order valence-corrected chi connectivity index (χ4v) is 2.38. The molecule has 0 saturated heterocycles. The number of anilines is 1. The van der Waals surface area contributed by atoms with E-state index in [1.165, 1.54) is 12.5 Å². The Morgan fingerprint density at radius 1 is 1.14 bits per heavy atom. The normalized spacial score (nSPS) is 12.0. The topological polar surface area (TPSA) is 41.1 Å². The quantitative estimate of drug-likeness (QED) is 0.849. The Morgan fingerprint density at radius 2 is 1.81 bits per heavy atom. The van der Waals surface area contributed by atoms with E-state index in [1.54, 1.807) is 0 Å². The minimum Gasteiger partial charge on any atom is -0.326 e. The van der Waals surface area contributed by atoms with Gasteiger partial charge in [0.25, 0.3) is 0 Å². The zero-order chi connectivity index (χ0) is 15.2. The Bertz CT molecular complexity index is 610. The van der Waals surface area contributed by atoms with Gasteiger partial charge >= 0.3 is 0 Å². The molecule has 1 atom stereocenters. The third kappa shape index (κ3) is 4.69. The lowest BCUT2D eigenvalue weighted by Crippen LogP contribution is -2.19. The van der Waals surface area contributed by atoms with Gasteiger partial charge in [0.2, 0.25) is 5.91 Å². The van der Waals surface area contributed by atoms with Crippen LogP contribution >= 0.6 is 15.9 Å². The first-order valence-corrected chi connectivity index (χ1v) is 7.70. The Labute approximate surface area is 133 Å². The Kier molecular flexibility index (Phi) is 5.53. The number of hydrogen-bond donors (Lipinski definition) is 2. The summed E-state index contributed by atoms with van der Waals surface area (Å²) < 4.78 is 1.08. The van der Waals surface area contributed by atoms with Crippen molar-refractivity contribution in [2.24, 2.45) is 0 Å². The van der Waals surface area contributed by atoms with Crippen LogP contribution in [0.15, 0.2) is 53.0 Å². The van der Waals surface area contributed by atoms with Crippen LogP contribution < -0.4 is 10.6 Å². The van der Waals surface area contributed by atoms with Crippen molar-refractivity contribution in [2.75, 3.05) is 5.32 Å². The van der Waals surface area contributed by atoms with E-state index in [0.717, 1.165) is 15.7 Å². The van der Waals surface area contributed by atoms with Crippen molar-refractivity contribution in [3.8, 4) is 0 Å². The van der Waals surface area contributed by atoms with Crippen LogP contribution in [-0.2, 0) is 11.3 Å². The molecule has 0 heterocycles. The second kappa shape index (κ2) is 7.38. The average molecular weight is 347 g/mol. The lowest BCUT2D eigenvalue weighted by molar-refractivity contribution is -0.114. The van der Waals surface area contributed by atoms with Gasteiger partial charge in [-0.2, -0.15) is 0 Å². The molecule has 0 aliphatic heterocycles. The third-order valence-corrected chi connectivity index (χ3v) is 3.83. The highest BCUT2D eigenvalue weighted by atomic mass is 79.9. The summed E-state index contributed by atoms with van der Waals surface area (Å²) in [6.07, 6.45) is 0. The van der Waals surface area contributed by atoms with Gasteiger partial charge in [0, 0.05) is 29.7 Å². The number of halogens is 1. The second-order valence-corrected chi connectivity index (χ2v) is 5.91. The van der Waals surface area contributed by atoms with Gasteiger partial charge < -0.3 is 10.6 Å². The maximum absolute atomic E-state index is 11.2. The molecule has 0 aliphatic rings. The van der Waals surface area contributed by atoms with Crippen LogP contribution in [0.4, 0.5) is 5.69 Å². The third-order valence-electron chi connectivity index (χ3n) is 3.30. The van der Waals surface area contributed by atoms with E-state index in [0.29, 0.717) is 6.54 Å². The first-order valence-electron chi connectivity index (χ1n) is 6.90. The number of hydrogen-bond acceptors (Lipinski definition) is 2. The summed E-state index contributed by atoms with van der Waals surface area (Å²) in [7, 11) is 0. The Morgan fingerprint density at radius 3 is 2.48 bits per heavy atom. The summed E-state index contributed by atoms with van der Waals surface area (Å²) in [6.45, 7) is 4.35. The highest BCUT2D eigenvalue weighted by molar-refractivity contribution is 9.10. The van der Waals surface area contributed by atoms with Gasteiger partial charge in [0.05, 0.1) is 0 Å². The van der Waals surface area contributed by atoms with E-state index in [2.05, 4.69) is 45.6 Å². The van der Waals surface area contributed by atoms with Crippen molar-refractivity contribution >= 4 is 27.5 Å². The summed E-state index contributed by atoms with van der Waals surface area (Å²) in [6, 6.07) is 16.4. The first-order chi connectivity index (χ1) is 10.1. The van der Waals surface area contributed by atoms with Crippen molar-refractivity contribution in [3.63, 3.8) is 0 Å². The van der Waals surface area contributed by atoms with Crippen LogP contribution in [0, 0.1) is 0 Å². The van der Waals surface area contributed by atoms with E-state index in [9.17, 15) is 4.79 Å². The molecule has 2 rings (SSSR count). The number of benzene rings is 2. The van der Waals surface area contributed by atoms with Gasteiger partial charge in [0.1, 0.15) is 0 Å². The van der Waals surface area contributed by atoms with Crippen molar-refractivity contribution in [1.29, 1.82) is 0 Å². The summed E-state index contributed by atoms with van der Waals surface area (Å²) in [4.78, 5) is 11.2. The fraction of sp³-hybridized carbons (Fsp3) is 0.235. The van der Waals surface area contributed by atoms with Crippen molar-refractivity contribution in [1.82, 2.24) is 5.32 Å². The van der Waals surface area contributed by atoms with Gasteiger partial charge in [-0.05, 0) is 36.2 Å². The number of rotatable bonds is 5. The van der Waals surface area contributed by atoms with E-state index >= 15 is 0 Å². The molecule has 1 unspecified atom stereocenters. The molecule has 3 nitrogen and oxygen atoms in total. The van der Waals surface area contributed by atoms with E-state index in [4.69, 9.17) is 0 Å². The van der Waals surface area contributed by atoms with Crippen LogP contribution in [0.1, 0.15) is 31.0 Å². The maximum Gasteiger partial charge on any atom is 0.221 e. The number of nitrogens with one attached hydrogen (secondary N) is 2. The van der Waals surface area contributed by atoms with Crippen LogP contribution in [0.5, 0.6) is 0 Å². The summed E-state index contributed by atoms with van der Waals surface area (Å²) in [5, 5.41) is 6.34. The molecule has 0 radical (unpaired) electrons. The first kappa shape index (κ1) is 15.7. The summed E-state index contributed by atoms with van der Waals surface area (Å²) >= 11 is 3.44. The predicted octanol–water partition coefficient (Wildman–Crippen LogP) is 4.26. The number of para-hydroxylation sites is 1. The summed E-state index contributed by atoms with van der Waals surface area (Å²) in [5.41, 5.74) is 3.17. The lowest BCUT2D eigenvalue weighted by atomic mass is 10.1. The van der Waals surface area contributed by atoms with Crippen LogP contribution in [0.3, 0.4) is 0 Å². The van der Waals surface area contributed by atoms with Crippen LogP contribution in [0.25, 0.3) is 0 Å². The van der Waals surface area contributed by atoms with Gasteiger partial charge in [-0.3, -0.25) is 4.79 Å². The number of carbonyl (C=O) groups is 1. The molecule has 0 bridgehead atoms. The fourth-order valence-electron chi connectivity index (χ4n) is 2.12. The minimum atomic E-state index is -0.0524. The average Bonchev–Trinajstić information content (AvgIpc) is 2.46. The molecular weight excluding hydrogens is 328 g/mol. The zero-order valence-electron chi connectivity index (χ0n) is 12.2. The van der Waals surface area contributed by atoms with Crippen molar-refractivity contribution < 1.29 is 4.79 Å². The molecule has 0 aliphatic carbocycles. The monoisotopic (exact) mass is 346 g/mol. The Hall–Kier alpha value is -1.65. The predicted molar refractivity (Wildman–Crippen MR) is 90.1 cm³/mol. The highest BCUT2D eigenvalue weighted by Gasteiger charge is 2.07. The molecular formula is C17H19BrN2O.